The molecule has 0 saturated heterocycles. The van der Waals surface area contributed by atoms with Crippen LogP contribution < -0.4 is 5.73 Å². The summed E-state index contributed by atoms with van der Waals surface area (Å²) in [7, 11) is -3.81. The van der Waals surface area contributed by atoms with E-state index in [9.17, 15) is 9.46 Å². The number of imidazole rings is 1. The van der Waals surface area contributed by atoms with Gasteiger partial charge in [0, 0.05) is 17.7 Å². The van der Waals surface area contributed by atoms with Crippen LogP contribution in [-0.4, -0.2) is 55.0 Å². The molecule has 3 rings (SSSR count). The molecular formula is C32H48N5O4PS. The summed E-state index contributed by atoms with van der Waals surface area (Å²) in [6.45, 7) is 9.13. The Kier molecular flexibility index (Phi) is 14.5. The lowest BCUT2D eigenvalue weighted by molar-refractivity contribution is 0.0724. The first kappa shape index (κ1) is 35.1. The highest BCUT2D eigenvalue weighted by Crippen LogP contribution is 2.42. The molecule has 9 nitrogen and oxygen atoms in total. The first-order valence-corrected chi connectivity index (χ1v) is 18.1. The van der Waals surface area contributed by atoms with E-state index in [-0.39, 0.29) is 24.5 Å². The Hall–Kier alpha value is -2.41. The summed E-state index contributed by atoms with van der Waals surface area (Å²) >= 11 is 1.75. The molecule has 0 spiro atoms. The van der Waals surface area contributed by atoms with Gasteiger partial charge in [-0.15, -0.1) is 0 Å². The van der Waals surface area contributed by atoms with Gasteiger partial charge in [-0.3, -0.25) is 4.57 Å². The van der Waals surface area contributed by atoms with E-state index in [0.29, 0.717) is 29.3 Å². The number of aromatic nitrogens is 4. The molecular weight excluding hydrogens is 581 g/mol. The van der Waals surface area contributed by atoms with Gasteiger partial charge in [-0.25, -0.2) is 15.0 Å². The molecule has 236 valence electrons. The summed E-state index contributed by atoms with van der Waals surface area (Å²) in [5.74, 6) is 8.64. The zero-order valence-electron chi connectivity index (χ0n) is 26.1. The number of ether oxygens (including phenoxy) is 1. The molecule has 1 aromatic carbocycles. The van der Waals surface area contributed by atoms with Crippen molar-refractivity contribution >= 4 is 36.3 Å². The summed E-state index contributed by atoms with van der Waals surface area (Å²) in [6.07, 6.45) is 11.8. The maximum atomic E-state index is 12.3. The predicted molar refractivity (Wildman–Crippen MR) is 177 cm³/mol. The highest BCUT2D eigenvalue weighted by atomic mass is 32.2. The molecule has 0 aliphatic heterocycles. The lowest BCUT2D eigenvalue weighted by atomic mass is 9.87. The highest BCUT2D eigenvalue weighted by molar-refractivity contribution is 7.99. The Labute approximate surface area is 261 Å². The van der Waals surface area contributed by atoms with Crippen LogP contribution in [-0.2, 0) is 25.8 Å². The Morgan fingerprint density at radius 3 is 2.44 bits per heavy atom. The first-order chi connectivity index (χ1) is 20.5. The number of benzene rings is 1. The van der Waals surface area contributed by atoms with E-state index in [1.54, 1.807) is 22.7 Å². The molecule has 2 aromatic heterocycles. The van der Waals surface area contributed by atoms with E-state index in [4.69, 9.17) is 15.0 Å². The second kappa shape index (κ2) is 17.8. The molecule has 1 unspecified atom stereocenters. The van der Waals surface area contributed by atoms with Crippen molar-refractivity contribution in [2.45, 2.75) is 97.1 Å². The maximum Gasteiger partial charge on any atom is 0.353 e. The monoisotopic (exact) mass is 629 g/mol. The number of thioether (sulfide) groups is 1. The quantitative estimate of drug-likeness (QED) is 0.0855. The zero-order valence-corrected chi connectivity index (χ0v) is 27.8. The molecule has 0 fully saturated rings. The Morgan fingerprint density at radius 2 is 1.72 bits per heavy atom. The molecule has 0 aliphatic carbocycles. The van der Waals surface area contributed by atoms with Crippen LogP contribution in [0.4, 0.5) is 5.82 Å². The van der Waals surface area contributed by atoms with E-state index < -0.39 is 7.60 Å². The average molecular weight is 630 g/mol. The molecule has 0 amide bonds. The molecule has 0 saturated carbocycles. The summed E-state index contributed by atoms with van der Waals surface area (Å²) < 4.78 is 24.9. The van der Waals surface area contributed by atoms with Gasteiger partial charge in [0.15, 0.2) is 11.5 Å². The van der Waals surface area contributed by atoms with Gasteiger partial charge >= 0.3 is 7.60 Å². The van der Waals surface area contributed by atoms with Crippen LogP contribution >= 0.6 is 19.4 Å². The number of nitrogen functional groups attached to an aromatic ring is 1. The third-order valence-corrected chi connectivity index (χ3v) is 9.09. The van der Waals surface area contributed by atoms with Crippen LogP contribution in [0.15, 0.2) is 36.9 Å². The van der Waals surface area contributed by atoms with Gasteiger partial charge in [0.2, 0.25) is 0 Å². The van der Waals surface area contributed by atoms with E-state index in [0.717, 1.165) is 30.6 Å². The number of unbranched alkanes of at least 4 members (excludes halogenated alkanes) is 7. The van der Waals surface area contributed by atoms with Crippen LogP contribution in [0, 0.1) is 11.8 Å². The minimum atomic E-state index is -3.81. The largest absolute Gasteiger partial charge is 0.382 e. The van der Waals surface area contributed by atoms with Crippen molar-refractivity contribution in [2.24, 2.45) is 0 Å². The van der Waals surface area contributed by atoms with Crippen molar-refractivity contribution in [3.63, 3.8) is 0 Å². The molecule has 0 radical (unpaired) electrons. The van der Waals surface area contributed by atoms with Crippen molar-refractivity contribution in [1.82, 2.24) is 19.5 Å². The third kappa shape index (κ3) is 13.0. The topological polar surface area (TPSA) is 125 Å². The number of rotatable bonds is 18. The minimum Gasteiger partial charge on any atom is -0.382 e. The summed E-state index contributed by atoms with van der Waals surface area (Å²) in [6, 6.07) is 8.62. The molecule has 11 heteroatoms. The fourth-order valence-electron chi connectivity index (χ4n) is 4.48. The number of fused-ring (bicyclic) bond motifs is 1. The standard InChI is InChI=1S/C32H48N5O4PS/c1-26(22-37-24-36-29-30(33)34-23-35-31(29)37)40-25-42(38,39)41-19-21-43-20-13-11-9-7-5-6-8-10-12-14-27-15-17-28(18-16-27)32(2,3)4/h15-18,23-24,26H,5-11,13,19-22,25H2,1-4H3,(H,38,39)(H2,33,34,35)/t26-/m1/s1. The fraction of sp³-hybridized carbons (Fsp3) is 0.594. The van der Waals surface area contributed by atoms with E-state index >= 15 is 0 Å². The molecule has 0 aliphatic rings. The van der Waals surface area contributed by atoms with Crippen molar-refractivity contribution in [1.29, 1.82) is 0 Å². The number of anilines is 1. The smallest absolute Gasteiger partial charge is 0.353 e. The molecule has 2 heterocycles. The van der Waals surface area contributed by atoms with Gasteiger partial charge in [0.25, 0.3) is 0 Å². The zero-order chi connectivity index (χ0) is 31.1. The van der Waals surface area contributed by atoms with Crippen molar-refractivity contribution in [2.75, 3.05) is 30.2 Å². The van der Waals surface area contributed by atoms with Crippen LogP contribution in [0.25, 0.3) is 11.2 Å². The van der Waals surface area contributed by atoms with Crippen LogP contribution in [0.5, 0.6) is 0 Å². The lowest BCUT2D eigenvalue weighted by Crippen LogP contribution is -2.17. The second-order valence-electron chi connectivity index (χ2n) is 11.9. The normalized spacial score (nSPS) is 13.9. The molecule has 3 aromatic rings. The summed E-state index contributed by atoms with van der Waals surface area (Å²) in [5, 5.41) is 0. The van der Waals surface area contributed by atoms with Crippen LogP contribution in [0.2, 0.25) is 0 Å². The fourth-order valence-corrected chi connectivity index (χ4v) is 6.31. The number of nitrogens with zero attached hydrogens (tertiary/aromatic N) is 4. The van der Waals surface area contributed by atoms with Gasteiger partial charge < -0.3 is 24.5 Å². The van der Waals surface area contributed by atoms with Gasteiger partial charge in [-0.1, -0.05) is 76.8 Å². The van der Waals surface area contributed by atoms with Crippen molar-refractivity contribution in [3.8, 4) is 11.8 Å². The average Bonchev–Trinajstić information content (AvgIpc) is 3.37. The highest BCUT2D eigenvalue weighted by Gasteiger charge is 2.21. The van der Waals surface area contributed by atoms with E-state index in [1.807, 2.05) is 6.92 Å². The predicted octanol–water partition coefficient (Wildman–Crippen LogP) is 7.18. The van der Waals surface area contributed by atoms with Gasteiger partial charge in [0.05, 0.1) is 25.6 Å². The van der Waals surface area contributed by atoms with Crippen LogP contribution in [0.3, 0.4) is 0 Å². The van der Waals surface area contributed by atoms with Crippen molar-refractivity contribution in [3.05, 3.63) is 48.0 Å². The summed E-state index contributed by atoms with van der Waals surface area (Å²) in [4.78, 5) is 22.5. The number of hydrogen-bond acceptors (Lipinski definition) is 8. The van der Waals surface area contributed by atoms with Gasteiger partial charge in [0.1, 0.15) is 18.2 Å². The van der Waals surface area contributed by atoms with Crippen LogP contribution in [0.1, 0.15) is 90.2 Å². The number of hydrogen-bond donors (Lipinski definition) is 2. The maximum absolute atomic E-state index is 12.3. The number of nitrogens with two attached hydrogens (primary N) is 1. The molecule has 2 atom stereocenters. The van der Waals surface area contributed by atoms with E-state index in [2.05, 4.69) is 71.8 Å². The Bertz CT molecular complexity index is 1360. The molecule has 3 N–H and O–H groups in total. The Balaban J connectivity index is 1.13. The molecule has 43 heavy (non-hydrogen) atoms. The van der Waals surface area contributed by atoms with Gasteiger partial charge in [-0.05, 0) is 48.6 Å². The minimum absolute atomic E-state index is 0.177. The third-order valence-electron chi connectivity index (χ3n) is 7.00. The van der Waals surface area contributed by atoms with Gasteiger partial charge in [-0.2, -0.15) is 11.8 Å². The van der Waals surface area contributed by atoms with Crippen molar-refractivity contribution < 1.29 is 18.7 Å². The second-order valence-corrected chi connectivity index (χ2v) is 14.9. The summed E-state index contributed by atoms with van der Waals surface area (Å²) in [5.41, 5.74) is 9.55. The molecule has 0 bridgehead atoms. The SMILES string of the molecule is C[C@H](Cn1cnc2c(N)ncnc21)OCP(=O)(O)OCCSCCCCCCCCCC#Cc1ccc(C(C)(C)C)cc1. The lowest BCUT2D eigenvalue weighted by Gasteiger charge is -2.18. The first-order valence-electron chi connectivity index (χ1n) is 15.2. The Morgan fingerprint density at radius 1 is 1.02 bits per heavy atom. The van der Waals surface area contributed by atoms with E-state index in [1.165, 1.54) is 44.0 Å².